The quantitative estimate of drug-likeness (QED) is 0.0564. The Morgan fingerprint density at radius 3 is 2.45 bits per heavy atom. The molecule has 0 spiro atoms. The fraction of sp³-hybridized carbons (Fsp3) is 0.481. The van der Waals surface area contributed by atoms with Gasteiger partial charge >= 0.3 is 0 Å². The van der Waals surface area contributed by atoms with E-state index in [0.29, 0.717) is 38.8 Å². The zero-order valence-corrected chi connectivity index (χ0v) is 41.3. The Labute approximate surface area is 410 Å². The van der Waals surface area contributed by atoms with E-state index in [9.17, 15) is 29.1 Å². The average molecular weight is 958 g/mol. The van der Waals surface area contributed by atoms with Crippen LogP contribution in [0.15, 0.2) is 72.2 Å². The van der Waals surface area contributed by atoms with Crippen LogP contribution in [0.25, 0.3) is 10.4 Å². The van der Waals surface area contributed by atoms with Crippen LogP contribution in [0.1, 0.15) is 113 Å². The number of hydrogen-bond acceptors (Lipinski definition) is 10. The number of amides is 5. The lowest BCUT2D eigenvalue weighted by molar-refractivity contribution is -0.144. The van der Waals surface area contributed by atoms with Crippen LogP contribution in [-0.2, 0) is 54.7 Å². The minimum absolute atomic E-state index is 0.00240. The Morgan fingerprint density at radius 2 is 1.74 bits per heavy atom. The summed E-state index contributed by atoms with van der Waals surface area (Å²) < 4.78 is 6.33. The van der Waals surface area contributed by atoms with Gasteiger partial charge in [0, 0.05) is 63.3 Å². The van der Waals surface area contributed by atoms with Crippen molar-refractivity contribution in [1.82, 2.24) is 25.8 Å². The lowest BCUT2D eigenvalue weighted by Crippen LogP contribution is -2.57. The van der Waals surface area contributed by atoms with Crippen LogP contribution in [-0.4, -0.2) is 94.0 Å². The number of aliphatic hydroxyl groups is 1. The van der Waals surface area contributed by atoms with Crippen LogP contribution in [0, 0.1) is 24.2 Å². The largest absolute Gasteiger partial charge is 0.391 e. The highest BCUT2D eigenvalue weighted by atomic mass is 32.1. The number of rotatable bonds is 19. The smallest absolute Gasteiger partial charge is 0.246 e. The number of unbranched alkanes of at least 4 members (excludes halogenated alkanes) is 1. The van der Waals surface area contributed by atoms with Gasteiger partial charge in [0.05, 0.1) is 46.6 Å². The maximum absolute atomic E-state index is 14.1. The molecule has 0 radical (unpaired) electrons. The summed E-state index contributed by atoms with van der Waals surface area (Å²) in [6, 6.07) is 20.1. The van der Waals surface area contributed by atoms with Gasteiger partial charge in [-0.3, -0.25) is 24.0 Å². The van der Waals surface area contributed by atoms with Gasteiger partial charge < -0.3 is 41.3 Å². The second kappa shape index (κ2) is 23.1. The van der Waals surface area contributed by atoms with Crippen LogP contribution in [0.3, 0.4) is 0 Å². The van der Waals surface area contributed by atoms with Gasteiger partial charge in [-0.1, -0.05) is 87.2 Å². The number of para-hydroxylation sites is 1. The molecular weight excluding hydrogens is 891 g/mol. The zero-order chi connectivity index (χ0) is 49.2. The van der Waals surface area contributed by atoms with E-state index >= 15 is 0 Å². The van der Waals surface area contributed by atoms with E-state index < -0.39 is 29.5 Å². The summed E-state index contributed by atoms with van der Waals surface area (Å²) in [4.78, 5) is 74.6. The fourth-order valence-electron chi connectivity index (χ4n) is 9.52. The molecule has 3 aliphatic rings. The highest BCUT2D eigenvalue weighted by molar-refractivity contribution is 7.13. The molecule has 4 aromatic rings. The normalized spacial score (nSPS) is 18.9. The minimum atomic E-state index is -0.910. The second-order valence-corrected chi connectivity index (χ2v) is 20.6. The molecule has 1 aromatic heterocycles. The van der Waals surface area contributed by atoms with Crippen molar-refractivity contribution in [2.24, 2.45) is 11.1 Å². The second-order valence-electron chi connectivity index (χ2n) is 19.7. The Hall–Kier alpha value is -5.92. The van der Waals surface area contributed by atoms with Crippen molar-refractivity contribution >= 4 is 46.6 Å². The molecule has 1 fully saturated rings. The maximum atomic E-state index is 14.1. The number of nitrogens with two attached hydrogens (primary N) is 1. The molecule has 0 aliphatic carbocycles. The molecule has 69 heavy (non-hydrogen) atoms. The minimum Gasteiger partial charge on any atom is -0.391 e. The molecule has 0 saturated carbocycles. The molecule has 6 N–H and O–H groups in total. The van der Waals surface area contributed by atoms with Crippen LogP contribution in [0.4, 0.5) is 5.69 Å². The third-order valence-electron chi connectivity index (χ3n) is 13.4. The Kier molecular flexibility index (Phi) is 17.1. The summed E-state index contributed by atoms with van der Waals surface area (Å²) >= 11 is 1.58. The van der Waals surface area contributed by atoms with Crippen LogP contribution in [0.2, 0.25) is 0 Å². The van der Waals surface area contributed by atoms with E-state index in [1.165, 1.54) is 16.0 Å². The van der Waals surface area contributed by atoms with Crippen LogP contribution < -0.4 is 26.6 Å². The van der Waals surface area contributed by atoms with E-state index in [2.05, 4.69) is 51.0 Å². The number of carbonyl (C=O) groups is 5. The van der Waals surface area contributed by atoms with E-state index in [4.69, 9.17) is 10.5 Å². The van der Waals surface area contributed by atoms with E-state index in [-0.39, 0.29) is 74.2 Å². The first-order valence-electron chi connectivity index (χ1n) is 24.2. The number of aliphatic hydroxyl groups excluding tert-OH is 1. The van der Waals surface area contributed by atoms with E-state index in [0.717, 1.165) is 57.8 Å². The van der Waals surface area contributed by atoms with Crippen molar-refractivity contribution < 1.29 is 33.8 Å². The number of thiazole rings is 1. The first kappa shape index (κ1) is 50.9. The number of primary amides is 1. The summed E-state index contributed by atoms with van der Waals surface area (Å²) in [5, 5.41) is 20.1. The number of nitrogens with zero attached hydrogens (tertiary/aromatic N) is 3. The molecular formula is C54H67N7O7S. The standard InChI is InChI=1S/C54H67N7O7S/c1-34-50(69-33-58-34)40-23-21-37(22-24-40)29-57-52(66)45-28-43(62)31-60(45)53(67)51(54(3,4)5)59-47(64)15-8-6-7-11-36-17-19-38(20-18-36)32-68-35(2)44(25-26-46(55)63)56-30-42-27-41-14-9-12-39-13-10-16-48(65)61(42)49(39)41/h9,12,14,17-24,33,35,42-45,51,56,62H,6,8,10,13,15-16,25-32H2,1-5H3,(H2,55,63)(H,57,66)(H,59,64)/t35-,42+,43-,44+,45+,51-/m1/s1. The summed E-state index contributed by atoms with van der Waals surface area (Å²) in [6.45, 7) is 10.8. The Morgan fingerprint density at radius 1 is 1.00 bits per heavy atom. The highest BCUT2D eigenvalue weighted by Crippen LogP contribution is 2.39. The summed E-state index contributed by atoms with van der Waals surface area (Å²) in [5.74, 6) is 5.07. The number of carbonyl (C=O) groups excluding carboxylic acids is 5. The number of benzene rings is 3. The van der Waals surface area contributed by atoms with Gasteiger partial charge in [0.25, 0.3) is 0 Å². The lowest BCUT2D eigenvalue weighted by atomic mass is 9.85. The third-order valence-corrected chi connectivity index (χ3v) is 14.3. The van der Waals surface area contributed by atoms with Gasteiger partial charge in [0.15, 0.2) is 0 Å². The number of ether oxygens (including phenoxy) is 1. The molecule has 6 atom stereocenters. The number of hydrogen-bond donors (Lipinski definition) is 5. The molecule has 1 saturated heterocycles. The van der Waals surface area contributed by atoms with Gasteiger partial charge in [0.2, 0.25) is 29.5 Å². The molecule has 15 heteroatoms. The lowest BCUT2D eigenvalue weighted by Gasteiger charge is -2.35. The Balaban J connectivity index is 0.851. The van der Waals surface area contributed by atoms with Crippen molar-refractivity contribution in [2.75, 3.05) is 18.0 Å². The van der Waals surface area contributed by atoms with E-state index in [1.54, 1.807) is 11.3 Å². The molecule has 3 aromatic carbocycles. The van der Waals surface area contributed by atoms with Gasteiger partial charge in [-0.05, 0) is 91.3 Å². The number of likely N-dealkylation sites (tertiary alicyclic amines) is 1. The Bertz CT molecular complexity index is 2530. The van der Waals surface area contributed by atoms with Crippen molar-refractivity contribution in [3.63, 3.8) is 0 Å². The topological polar surface area (TPSA) is 196 Å². The number of aryl methyl sites for hydroxylation is 2. The molecule has 7 rings (SSSR count). The van der Waals surface area contributed by atoms with E-state index in [1.807, 2.05) is 93.6 Å². The molecule has 366 valence electrons. The first-order valence-corrected chi connectivity index (χ1v) is 25.1. The average Bonchev–Trinajstić information content (AvgIpc) is 4.02. The summed E-state index contributed by atoms with van der Waals surface area (Å²) in [6.07, 6.45) is 3.94. The molecule has 0 bridgehead atoms. The van der Waals surface area contributed by atoms with Crippen LogP contribution in [0.5, 0.6) is 0 Å². The first-order chi connectivity index (χ1) is 33.0. The molecule has 5 amide bonds. The van der Waals surface area contributed by atoms with Crippen molar-refractivity contribution in [1.29, 1.82) is 0 Å². The highest BCUT2D eigenvalue weighted by Gasteiger charge is 2.44. The van der Waals surface area contributed by atoms with Crippen LogP contribution >= 0.6 is 11.3 Å². The summed E-state index contributed by atoms with van der Waals surface area (Å²) in [5.41, 5.74) is 14.9. The number of β-amino-alcohol motifs (C(OH)–C–C–N with tert-alkyl or cyclic N) is 1. The third kappa shape index (κ3) is 13.2. The van der Waals surface area contributed by atoms with Gasteiger partial charge in [0.1, 0.15) is 12.1 Å². The SMILES string of the molecule is Cc1ncsc1-c1ccc(CNC(=O)[C@@H]2C[C@@H](O)CN2C(=O)[C@@H](NC(=O)CCCC#Cc2ccc(CO[C@H](C)[C@H](CCC(N)=O)NC[C@@H]3Cc4cccc5c4N3C(=O)CCC5)cc2)C(C)(C)C)cc1. The predicted molar refractivity (Wildman–Crippen MR) is 268 cm³/mol. The maximum Gasteiger partial charge on any atom is 0.246 e. The molecule has 14 nitrogen and oxygen atoms in total. The van der Waals surface area contributed by atoms with Gasteiger partial charge in [-0.2, -0.15) is 0 Å². The fourth-order valence-corrected chi connectivity index (χ4v) is 10.3. The molecule has 0 unspecified atom stereocenters. The van der Waals surface area contributed by atoms with Crippen molar-refractivity contribution in [3.8, 4) is 22.3 Å². The summed E-state index contributed by atoms with van der Waals surface area (Å²) in [7, 11) is 0. The zero-order valence-electron chi connectivity index (χ0n) is 40.5. The van der Waals surface area contributed by atoms with Gasteiger partial charge in [-0.15, -0.1) is 11.3 Å². The number of nitrogens with one attached hydrogen (secondary N) is 3. The molecule has 4 heterocycles. The van der Waals surface area contributed by atoms with Gasteiger partial charge in [-0.25, -0.2) is 4.98 Å². The number of anilines is 1. The predicted octanol–water partition coefficient (Wildman–Crippen LogP) is 5.87. The number of aromatic nitrogens is 1. The monoisotopic (exact) mass is 957 g/mol. The molecule has 3 aliphatic heterocycles. The van der Waals surface area contributed by atoms with Crippen molar-refractivity contribution in [2.45, 2.75) is 148 Å². The van der Waals surface area contributed by atoms with Crippen molar-refractivity contribution in [3.05, 3.63) is 106 Å².